The molecule has 0 spiro atoms. The fourth-order valence-electron chi connectivity index (χ4n) is 2.87. The zero-order chi connectivity index (χ0) is 14.8. The molecule has 3 saturated heterocycles. The summed E-state index contributed by atoms with van der Waals surface area (Å²) >= 11 is 0. The van der Waals surface area contributed by atoms with Crippen LogP contribution in [0, 0.1) is 11.6 Å². The van der Waals surface area contributed by atoms with Gasteiger partial charge in [-0.2, -0.15) is 0 Å². The molecule has 2 bridgehead atoms. The van der Waals surface area contributed by atoms with E-state index in [1.54, 1.807) is 0 Å². The van der Waals surface area contributed by atoms with Crippen molar-refractivity contribution in [1.82, 2.24) is 9.80 Å². The largest absolute Gasteiger partial charge is 0.370 e. The van der Waals surface area contributed by atoms with Gasteiger partial charge in [0.05, 0.1) is 12.2 Å². The van der Waals surface area contributed by atoms with Gasteiger partial charge in [-0.05, 0) is 12.1 Å². The molecule has 0 aliphatic carbocycles. The molecule has 1 unspecified atom stereocenters. The van der Waals surface area contributed by atoms with Gasteiger partial charge in [0.2, 0.25) is 0 Å². The summed E-state index contributed by atoms with van der Waals surface area (Å²) in [6, 6.07) is 3.54. The highest BCUT2D eigenvalue weighted by Gasteiger charge is 2.31. The monoisotopic (exact) mass is 295 g/mol. The molecule has 1 atom stereocenters. The third kappa shape index (κ3) is 3.30. The number of nitrogens with zero attached hydrogens (tertiary/aromatic N) is 3. The van der Waals surface area contributed by atoms with Crippen LogP contribution < -0.4 is 11.1 Å². The number of benzene rings is 1. The van der Waals surface area contributed by atoms with Gasteiger partial charge in [0.1, 0.15) is 11.6 Å². The first kappa shape index (κ1) is 14.2. The van der Waals surface area contributed by atoms with Crippen LogP contribution in [-0.2, 0) is 0 Å². The number of rotatable bonds is 3. The van der Waals surface area contributed by atoms with Crippen LogP contribution in [0.4, 0.5) is 14.5 Å². The Labute approximate surface area is 122 Å². The predicted octanol–water partition coefficient (Wildman–Crippen LogP) is 0.691. The Balaban J connectivity index is 1.60. The Morgan fingerprint density at radius 2 is 2.05 bits per heavy atom. The molecule has 0 aromatic heterocycles. The highest BCUT2D eigenvalue weighted by Crippen LogP contribution is 2.16. The number of hydrogen-bond donors (Lipinski definition) is 2. The Kier molecular flexibility index (Phi) is 4.03. The molecule has 1 aromatic carbocycles. The number of hydrogen-bond acceptors (Lipinski definition) is 3. The summed E-state index contributed by atoms with van der Waals surface area (Å²) in [7, 11) is 0. The average molecular weight is 295 g/mol. The zero-order valence-electron chi connectivity index (χ0n) is 11.7. The van der Waals surface area contributed by atoms with Crippen LogP contribution in [0.3, 0.4) is 0 Å². The molecule has 1 aromatic rings. The number of nitrogens with one attached hydrogen (secondary N) is 1. The van der Waals surface area contributed by atoms with Crippen LogP contribution in [0.2, 0.25) is 0 Å². The van der Waals surface area contributed by atoms with E-state index in [1.807, 2.05) is 0 Å². The molecule has 0 radical (unpaired) electrons. The highest BCUT2D eigenvalue weighted by molar-refractivity contribution is 5.92. The Morgan fingerprint density at radius 3 is 2.71 bits per heavy atom. The third-order valence-electron chi connectivity index (χ3n) is 4.06. The van der Waals surface area contributed by atoms with Gasteiger partial charge in [-0.25, -0.2) is 8.78 Å². The van der Waals surface area contributed by atoms with Gasteiger partial charge in [-0.15, -0.1) is 0 Å². The predicted molar refractivity (Wildman–Crippen MR) is 78.3 cm³/mol. The van der Waals surface area contributed by atoms with Crippen LogP contribution >= 0.6 is 0 Å². The maximum Gasteiger partial charge on any atom is 0.193 e. The zero-order valence-corrected chi connectivity index (χ0v) is 11.7. The molecule has 5 nitrogen and oxygen atoms in total. The number of piperazine rings is 3. The van der Waals surface area contributed by atoms with E-state index in [9.17, 15) is 8.78 Å². The van der Waals surface area contributed by atoms with Crippen molar-refractivity contribution < 1.29 is 8.78 Å². The smallest absolute Gasteiger partial charge is 0.193 e. The Bertz CT molecular complexity index is 540. The minimum Gasteiger partial charge on any atom is -0.370 e. The van der Waals surface area contributed by atoms with E-state index < -0.39 is 11.6 Å². The van der Waals surface area contributed by atoms with Crippen molar-refractivity contribution in [3.63, 3.8) is 0 Å². The molecule has 114 valence electrons. The SMILES string of the molecule is NC(=NCC1CN2CCN1CC2)Nc1cc(F)ccc1F. The quantitative estimate of drug-likeness (QED) is 0.636. The van der Waals surface area contributed by atoms with Crippen molar-refractivity contribution in [2.75, 3.05) is 44.6 Å². The van der Waals surface area contributed by atoms with Crippen LogP contribution in [0.15, 0.2) is 23.2 Å². The van der Waals surface area contributed by atoms with E-state index in [0.29, 0.717) is 12.6 Å². The number of aliphatic imine (C=N–C) groups is 1. The minimum absolute atomic E-state index is 0.00507. The van der Waals surface area contributed by atoms with E-state index in [0.717, 1.165) is 50.9 Å². The van der Waals surface area contributed by atoms with E-state index in [1.165, 1.54) is 0 Å². The number of fused-ring (bicyclic) bond motifs is 3. The lowest BCUT2D eigenvalue weighted by Crippen LogP contribution is -2.61. The lowest BCUT2D eigenvalue weighted by atomic mass is 10.1. The number of halogens is 2. The van der Waals surface area contributed by atoms with Gasteiger partial charge in [-0.1, -0.05) is 0 Å². The van der Waals surface area contributed by atoms with Gasteiger partial charge < -0.3 is 11.1 Å². The molecule has 7 heteroatoms. The first-order valence-electron chi connectivity index (χ1n) is 7.10. The summed E-state index contributed by atoms with van der Waals surface area (Å²) in [5.74, 6) is -0.964. The second-order valence-electron chi connectivity index (χ2n) is 5.47. The second-order valence-corrected chi connectivity index (χ2v) is 5.47. The van der Waals surface area contributed by atoms with E-state index in [-0.39, 0.29) is 11.6 Å². The van der Waals surface area contributed by atoms with Crippen LogP contribution in [0.25, 0.3) is 0 Å². The lowest BCUT2D eigenvalue weighted by Gasteiger charge is -2.47. The van der Waals surface area contributed by atoms with Crippen molar-refractivity contribution in [3.8, 4) is 0 Å². The maximum atomic E-state index is 13.5. The number of nitrogens with two attached hydrogens (primary N) is 1. The van der Waals surface area contributed by atoms with Crippen LogP contribution in [0.5, 0.6) is 0 Å². The van der Waals surface area contributed by atoms with Gasteiger partial charge in [0.25, 0.3) is 0 Å². The fraction of sp³-hybridized carbons (Fsp3) is 0.500. The van der Waals surface area contributed by atoms with Gasteiger partial charge in [0.15, 0.2) is 5.96 Å². The van der Waals surface area contributed by atoms with Gasteiger partial charge in [0, 0.05) is 44.8 Å². The van der Waals surface area contributed by atoms with Crippen molar-refractivity contribution in [3.05, 3.63) is 29.8 Å². The van der Waals surface area contributed by atoms with E-state index in [2.05, 4.69) is 20.1 Å². The standard InChI is InChI=1S/C14H19F2N5/c15-10-1-2-12(16)13(7-10)19-14(17)18-8-11-9-20-3-5-21(11)6-4-20/h1-2,7,11H,3-6,8-9H2,(H3,17,18,19). The molecular weight excluding hydrogens is 276 g/mol. The molecule has 4 rings (SSSR count). The molecule has 3 fully saturated rings. The first-order valence-corrected chi connectivity index (χ1v) is 7.10. The minimum atomic E-state index is -0.555. The first-order chi connectivity index (χ1) is 10.1. The third-order valence-corrected chi connectivity index (χ3v) is 4.06. The van der Waals surface area contributed by atoms with Crippen LogP contribution in [-0.4, -0.2) is 61.1 Å². The summed E-state index contributed by atoms with van der Waals surface area (Å²) < 4.78 is 26.6. The maximum absolute atomic E-state index is 13.5. The fourth-order valence-corrected chi connectivity index (χ4v) is 2.87. The van der Waals surface area contributed by atoms with Crippen molar-refractivity contribution in [2.45, 2.75) is 6.04 Å². The lowest BCUT2D eigenvalue weighted by molar-refractivity contribution is 0.0174. The molecule has 3 aliphatic heterocycles. The molecule has 3 aliphatic rings. The van der Waals surface area contributed by atoms with E-state index in [4.69, 9.17) is 5.73 Å². The van der Waals surface area contributed by atoms with Crippen molar-refractivity contribution in [2.24, 2.45) is 10.7 Å². The molecular formula is C14H19F2N5. The molecule has 21 heavy (non-hydrogen) atoms. The molecule has 0 amide bonds. The second kappa shape index (κ2) is 5.95. The van der Waals surface area contributed by atoms with Crippen molar-refractivity contribution >= 4 is 11.6 Å². The van der Waals surface area contributed by atoms with Gasteiger partial charge >= 0.3 is 0 Å². The number of anilines is 1. The van der Waals surface area contributed by atoms with E-state index >= 15 is 0 Å². The summed E-state index contributed by atoms with van der Waals surface area (Å²) in [4.78, 5) is 9.07. The Hall–Kier alpha value is -1.73. The summed E-state index contributed by atoms with van der Waals surface area (Å²) in [6.07, 6.45) is 0. The normalized spacial score (nSPS) is 28.7. The molecule has 3 N–H and O–H groups in total. The highest BCUT2D eigenvalue weighted by atomic mass is 19.1. The van der Waals surface area contributed by atoms with Crippen molar-refractivity contribution in [1.29, 1.82) is 0 Å². The molecule has 0 saturated carbocycles. The summed E-state index contributed by atoms with van der Waals surface area (Å²) in [5.41, 5.74) is 5.76. The summed E-state index contributed by atoms with van der Waals surface area (Å²) in [6.45, 7) is 5.90. The van der Waals surface area contributed by atoms with Gasteiger partial charge in [-0.3, -0.25) is 14.8 Å². The topological polar surface area (TPSA) is 56.9 Å². The number of guanidine groups is 1. The molecule has 3 heterocycles. The average Bonchev–Trinajstić information content (AvgIpc) is 2.50. The summed E-state index contributed by atoms with van der Waals surface area (Å²) in [5, 5.41) is 2.62. The van der Waals surface area contributed by atoms with Crippen LogP contribution in [0.1, 0.15) is 0 Å². The Morgan fingerprint density at radius 1 is 1.29 bits per heavy atom.